The lowest BCUT2D eigenvalue weighted by atomic mass is 9.75. The molecule has 1 nitrogen and oxygen atoms in total. The van der Waals surface area contributed by atoms with E-state index in [1.807, 2.05) is 0 Å². The molecule has 2 heteroatoms. The van der Waals surface area contributed by atoms with E-state index in [2.05, 4.69) is 89.0 Å². The van der Waals surface area contributed by atoms with Gasteiger partial charge in [-0.15, -0.1) is 6.58 Å². The molecule has 0 aromatic heterocycles. The molecular weight excluding hydrogens is 320 g/mol. The van der Waals surface area contributed by atoms with Crippen molar-refractivity contribution in [1.82, 2.24) is 0 Å². The van der Waals surface area contributed by atoms with Crippen LogP contribution in [0.3, 0.4) is 0 Å². The Morgan fingerprint density at radius 1 is 1.16 bits per heavy atom. The molecule has 0 radical (unpaired) electrons. The largest absolute Gasteiger partial charge is 0.413 e. The van der Waals surface area contributed by atoms with Crippen LogP contribution in [0.5, 0.6) is 0 Å². The van der Waals surface area contributed by atoms with Crippen LogP contribution in [-0.4, -0.2) is 14.4 Å². The van der Waals surface area contributed by atoms with Gasteiger partial charge in [0.15, 0.2) is 8.32 Å². The van der Waals surface area contributed by atoms with Crippen LogP contribution in [0.4, 0.5) is 0 Å². The van der Waals surface area contributed by atoms with Crippen LogP contribution in [-0.2, 0) is 4.43 Å². The summed E-state index contributed by atoms with van der Waals surface area (Å²) in [5.74, 6) is 2.49. The van der Waals surface area contributed by atoms with Gasteiger partial charge in [-0.3, -0.25) is 0 Å². The van der Waals surface area contributed by atoms with Crippen molar-refractivity contribution in [1.29, 1.82) is 0 Å². The van der Waals surface area contributed by atoms with Crippen molar-refractivity contribution in [3.05, 3.63) is 60.7 Å². The third kappa shape index (κ3) is 3.57. The number of rotatable bonds is 6. The van der Waals surface area contributed by atoms with Gasteiger partial charge in [-0.25, -0.2) is 0 Å². The van der Waals surface area contributed by atoms with E-state index in [0.717, 1.165) is 6.42 Å². The van der Waals surface area contributed by atoms with Gasteiger partial charge >= 0.3 is 0 Å². The quantitative estimate of drug-likeness (QED) is 0.415. The molecule has 2 bridgehead atoms. The van der Waals surface area contributed by atoms with Gasteiger partial charge in [-0.05, 0) is 60.2 Å². The Labute approximate surface area is 155 Å². The molecule has 1 saturated carbocycles. The standard InChI is InChI=1S/C23H34OSi/c1-7-11-20(24-25(5,6)23(2,3)4)22-19-15-14-18(16-19)21(22)17-12-9-8-10-13-17/h7-10,12-15,18-22H,1,11,16H2,2-6H3/t18-,19+,20?,21+,22-/m0/s1. The molecule has 136 valence electrons. The molecular formula is C23H34OSi. The van der Waals surface area contributed by atoms with Crippen molar-refractivity contribution in [2.45, 2.75) is 63.8 Å². The fourth-order valence-electron chi connectivity index (χ4n) is 4.52. The lowest BCUT2D eigenvalue weighted by Gasteiger charge is -2.43. The molecule has 0 N–H and O–H groups in total. The van der Waals surface area contributed by atoms with Crippen LogP contribution in [0, 0.1) is 17.8 Å². The summed E-state index contributed by atoms with van der Waals surface area (Å²) in [5.41, 5.74) is 1.48. The van der Waals surface area contributed by atoms with Gasteiger partial charge in [-0.1, -0.05) is 69.3 Å². The summed E-state index contributed by atoms with van der Waals surface area (Å²) in [7, 11) is -1.80. The second-order valence-electron chi connectivity index (χ2n) is 9.40. The minimum atomic E-state index is -1.80. The van der Waals surface area contributed by atoms with Gasteiger partial charge in [0.25, 0.3) is 0 Å². The Bertz CT molecular complexity index is 625. The fraction of sp³-hybridized carbons (Fsp3) is 0.565. The lowest BCUT2D eigenvalue weighted by Crippen LogP contribution is -2.47. The van der Waals surface area contributed by atoms with Crippen LogP contribution in [0.2, 0.25) is 18.1 Å². The average Bonchev–Trinajstić information content (AvgIpc) is 3.15. The molecule has 1 unspecified atom stereocenters. The van der Waals surface area contributed by atoms with E-state index < -0.39 is 8.32 Å². The first kappa shape index (κ1) is 18.7. The topological polar surface area (TPSA) is 9.23 Å². The monoisotopic (exact) mass is 354 g/mol. The summed E-state index contributed by atoms with van der Waals surface area (Å²) in [6, 6.07) is 11.1. The minimum Gasteiger partial charge on any atom is -0.413 e. The first-order chi connectivity index (χ1) is 11.7. The smallest absolute Gasteiger partial charge is 0.192 e. The van der Waals surface area contributed by atoms with Gasteiger partial charge in [0, 0.05) is 0 Å². The van der Waals surface area contributed by atoms with Crippen molar-refractivity contribution < 1.29 is 4.43 Å². The highest BCUT2D eigenvalue weighted by atomic mass is 28.4. The van der Waals surface area contributed by atoms with Gasteiger partial charge in [0.05, 0.1) is 6.10 Å². The maximum absolute atomic E-state index is 6.96. The van der Waals surface area contributed by atoms with Crippen molar-refractivity contribution in [3.8, 4) is 0 Å². The van der Waals surface area contributed by atoms with Gasteiger partial charge in [-0.2, -0.15) is 0 Å². The predicted octanol–water partition coefficient (Wildman–Crippen LogP) is 6.56. The van der Waals surface area contributed by atoms with E-state index in [9.17, 15) is 0 Å². The number of hydrogen-bond acceptors (Lipinski definition) is 1. The van der Waals surface area contributed by atoms with Gasteiger partial charge in [0.1, 0.15) is 0 Å². The predicted molar refractivity (Wildman–Crippen MR) is 110 cm³/mol. The van der Waals surface area contributed by atoms with E-state index >= 15 is 0 Å². The highest BCUT2D eigenvalue weighted by Crippen LogP contribution is 2.56. The Kier molecular flexibility index (Phi) is 5.14. The zero-order chi connectivity index (χ0) is 18.2. The first-order valence-electron chi connectivity index (χ1n) is 9.76. The van der Waals surface area contributed by atoms with E-state index in [1.165, 1.54) is 12.0 Å². The molecule has 0 aliphatic heterocycles. The Morgan fingerprint density at radius 2 is 1.80 bits per heavy atom. The first-order valence-corrected chi connectivity index (χ1v) is 12.7. The molecule has 1 aromatic rings. The number of fused-ring (bicyclic) bond motifs is 2. The second-order valence-corrected chi connectivity index (χ2v) is 14.2. The van der Waals surface area contributed by atoms with Gasteiger partial charge < -0.3 is 4.43 Å². The molecule has 2 aliphatic carbocycles. The van der Waals surface area contributed by atoms with E-state index in [-0.39, 0.29) is 11.1 Å². The zero-order valence-electron chi connectivity index (χ0n) is 16.5. The molecule has 0 amide bonds. The number of allylic oxidation sites excluding steroid dienone is 2. The maximum Gasteiger partial charge on any atom is 0.192 e. The van der Waals surface area contributed by atoms with Crippen LogP contribution >= 0.6 is 0 Å². The summed E-state index contributed by atoms with van der Waals surface area (Å²) < 4.78 is 6.96. The van der Waals surface area contributed by atoms with Gasteiger partial charge in [0.2, 0.25) is 0 Å². The molecule has 1 aromatic carbocycles. The normalized spacial score (nSPS) is 29.8. The zero-order valence-corrected chi connectivity index (χ0v) is 17.5. The van der Waals surface area contributed by atoms with Crippen molar-refractivity contribution in [3.63, 3.8) is 0 Å². The van der Waals surface area contributed by atoms with E-state index in [4.69, 9.17) is 4.43 Å². The third-order valence-corrected chi connectivity index (χ3v) is 11.3. The summed E-state index contributed by atoms with van der Waals surface area (Å²) in [6.07, 6.45) is 9.51. The molecule has 0 saturated heterocycles. The SMILES string of the molecule is C=CCC(O[Si](C)(C)C(C)(C)C)[C@H]1[C@H](c2ccccc2)[C@H]2C=C[C@@H]1C2. The highest BCUT2D eigenvalue weighted by molar-refractivity contribution is 6.74. The van der Waals surface area contributed by atoms with E-state index in [1.54, 1.807) is 0 Å². The van der Waals surface area contributed by atoms with E-state index in [0.29, 0.717) is 23.7 Å². The molecule has 5 atom stereocenters. The van der Waals surface area contributed by atoms with Crippen molar-refractivity contribution in [2.24, 2.45) is 17.8 Å². The van der Waals surface area contributed by atoms with Crippen LogP contribution in [0.15, 0.2) is 55.1 Å². The Balaban J connectivity index is 1.92. The summed E-state index contributed by atoms with van der Waals surface area (Å²) in [5, 5.41) is 0.238. The third-order valence-electron chi connectivity index (χ3n) is 6.79. The molecule has 1 fully saturated rings. The molecule has 25 heavy (non-hydrogen) atoms. The Morgan fingerprint density at radius 3 is 2.40 bits per heavy atom. The van der Waals surface area contributed by atoms with Crippen LogP contribution in [0.25, 0.3) is 0 Å². The molecule has 2 aliphatic rings. The lowest BCUT2D eigenvalue weighted by molar-refractivity contribution is 0.0940. The molecule has 0 heterocycles. The summed E-state index contributed by atoms with van der Waals surface area (Å²) in [6.45, 7) is 15.8. The molecule has 0 spiro atoms. The maximum atomic E-state index is 6.96. The second kappa shape index (κ2) is 6.89. The van der Waals surface area contributed by atoms with Crippen molar-refractivity contribution in [2.75, 3.05) is 0 Å². The number of benzene rings is 1. The minimum absolute atomic E-state index is 0.238. The molecule has 3 rings (SSSR count). The summed E-state index contributed by atoms with van der Waals surface area (Å²) >= 11 is 0. The Hall–Kier alpha value is -1.12. The fourth-order valence-corrected chi connectivity index (χ4v) is 5.88. The van der Waals surface area contributed by atoms with Crippen LogP contribution < -0.4 is 0 Å². The highest BCUT2D eigenvalue weighted by Gasteiger charge is 2.50. The average molecular weight is 355 g/mol. The summed E-state index contributed by atoms with van der Waals surface area (Å²) in [4.78, 5) is 0. The number of hydrogen-bond donors (Lipinski definition) is 0. The van der Waals surface area contributed by atoms with Crippen molar-refractivity contribution >= 4 is 8.32 Å². The van der Waals surface area contributed by atoms with Crippen LogP contribution in [0.1, 0.15) is 45.1 Å².